The summed E-state index contributed by atoms with van der Waals surface area (Å²) in [5, 5.41) is 10.7. The van der Waals surface area contributed by atoms with Crippen molar-refractivity contribution in [3.05, 3.63) is 52.3 Å². The number of aromatic amines is 1. The van der Waals surface area contributed by atoms with Gasteiger partial charge in [0.05, 0.1) is 5.69 Å². The second kappa shape index (κ2) is 5.06. The molecule has 0 spiro atoms. The van der Waals surface area contributed by atoms with E-state index in [-0.39, 0.29) is 0 Å². The number of aromatic nitrogens is 2. The molecule has 0 fully saturated rings. The summed E-state index contributed by atoms with van der Waals surface area (Å²) in [6.07, 6.45) is 2.49. The number of rotatable bonds is 4. The summed E-state index contributed by atoms with van der Waals surface area (Å²) < 4.78 is 0. The fourth-order valence-corrected chi connectivity index (χ4v) is 3.11. The first-order valence-corrected chi connectivity index (χ1v) is 7.38. The van der Waals surface area contributed by atoms with Crippen molar-refractivity contribution in [3.8, 4) is 0 Å². The Morgan fingerprint density at radius 1 is 1.25 bits per heavy atom. The van der Waals surface area contributed by atoms with E-state index in [1.807, 2.05) is 6.92 Å². The molecule has 0 amide bonds. The van der Waals surface area contributed by atoms with Crippen LogP contribution in [0.5, 0.6) is 0 Å². The van der Waals surface area contributed by atoms with Crippen LogP contribution < -0.4 is 5.32 Å². The molecule has 3 heteroatoms. The molecule has 0 aliphatic heterocycles. The first-order chi connectivity index (χ1) is 9.54. The topological polar surface area (TPSA) is 40.7 Å². The van der Waals surface area contributed by atoms with E-state index in [9.17, 15) is 0 Å². The van der Waals surface area contributed by atoms with Crippen LogP contribution in [0.3, 0.4) is 0 Å². The molecule has 0 bridgehead atoms. The Kier molecular flexibility index (Phi) is 3.38. The van der Waals surface area contributed by atoms with Gasteiger partial charge < -0.3 is 5.32 Å². The minimum Gasteiger partial charge on any atom is -0.307 e. The minimum atomic E-state index is 0.355. The van der Waals surface area contributed by atoms with Crippen LogP contribution in [0.25, 0.3) is 0 Å². The monoisotopic (exact) mass is 269 g/mol. The lowest BCUT2D eigenvalue weighted by molar-refractivity contribution is 0.522. The number of aryl methyl sites for hydroxylation is 2. The maximum absolute atomic E-state index is 4.24. The SMILES string of the molecule is Cc1cc(CNCc2ccc3c(c2)CCC3(C)C)n[nH]1. The van der Waals surface area contributed by atoms with Gasteiger partial charge >= 0.3 is 0 Å². The summed E-state index contributed by atoms with van der Waals surface area (Å²) in [7, 11) is 0. The van der Waals surface area contributed by atoms with Crippen LogP contribution in [0.2, 0.25) is 0 Å². The van der Waals surface area contributed by atoms with Gasteiger partial charge in [0.25, 0.3) is 0 Å². The Labute approximate surface area is 120 Å². The molecule has 3 nitrogen and oxygen atoms in total. The second-order valence-corrected chi connectivity index (χ2v) is 6.52. The van der Waals surface area contributed by atoms with Crippen molar-refractivity contribution in [2.75, 3.05) is 0 Å². The third-order valence-corrected chi connectivity index (χ3v) is 4.31. The molecule has 106 valence electrons. The van der Waals surface area contributed by atoms with Crippen LogP contribution in [0, 0.1) is 6.92 Å². The van der Waals surface area contributed by atoms with Crippen molar-refractivity contribution in [1.29, 1.82) is 0 Å². The summed E-state index contributed by atoms with van der Waals surface area (Å²) in [5.41, 5.74) is 6.97. The standard InChI is InChI=1S/C17H23N3/c1-12-8-15(20-19-12)11-18-10-13-4-5-16-14(9-13)6-7-17(16,2)3/h4-5,8-9,18H,6-7,10-11H2,1-3H3,(H,19,20). The zero-order valence-corrected chi connectivity index (χ0v) is 12.6. The van der Waals surface area contributed by atoms with Crippen LogP contribution in [0.1, 0.15) is 48.3 Å². The number of fused-ring (bicyclic) bond motifs is 1. The first-order valence-electron chi connectivity index (χ1n) is 7.38. The van der Waals surface area contributed by atoms with E-state index >= 15 is 0 Å². The highest BCUT2D eigenvalue weighted by atomic mass is 15.1. The van der Waals surface area contributed by atoms with E-state index < -0.39 is 0 Å². The van der Waals surface area contributed by atoms with Gasteiger partial charge in [0, 0.05) is 18.8 Å². The maximum atomic E-state index is 4.24. The lowest BCUT2D eigenvalue weighted by Crippen LogP contribution is -2.14. The average molecular weight is 269 g/mol. The summed E-state index contributed by atoms with van der Waals surface area (Å²) in [5.74, 6) is 0. The van der Waals surface area contributed by atoms with Crippen LogP contribution in [-0.4, -0.2) is 10.2 Å². The molecule has 3 rings (SSSR count). The molecule has 0 saturated heterocycles. The number of nitrogens with zero attached hydrogens (tertiary/aromatic N) is 1. The Hall–Kier alpha value is -1.61. The van der Waals surface area contributed by atoms with Crippen LogP contribution >= 0.6 is 0 Å². The van der Waals surface area contributed by atoms with Gasteiger partial charge in [-0.15, -0.1) is 0 Å². The Morgan fingerprint density at radius 2 is 2.10 bits per heavy atom. The molecule has 1 heterocycles. The molecule has 2 aromatic rings. The second-order valence-electron chi connectivity index (χ2n) is 6.52. The summed E-state index contributed by atoms with van der Waals surface area (Å²) in [6, 6.07) is 9.03. The van der Waals surface area contributed by atoms with E-state index in [2.05, 4.69) is 53.6 Å². The average Bonchev–Trinajstić information content (AvgIpc) is 2.94. The van der Waals surface area contributed by atoms with Crippen LogP contribution in [0.4, 0.5) is 0 Å². The molecule has 0 saturated carbocycles. The van der Waals surface area contributed by atoms with Crippen molar-refractivity contribution in [2.45, 2.75) is 52.1 Å². The fraction of sp³-hybridized carbons (Fsp3) is 0.471. The maximum Gasteiger partial charge on any atom is 0.0762 e. The van der Waals surface area contributed by atoms with Gasteiger partial charge in [0.1, 0.15) is 0 Å². The summed E-state index contributed by atoms with van der Waals surface area (Å²) >= 11 is 0. The van der Waals surface area contributed by atoms with Gasteiger partial charge in [0.15, 0.2) is 0 Å². The Balaban J connectivity index is 1.62. The Morgan fingerprint density at radius 3 is 2.85 bits per heavy atom. The molecule has 1 aromatic carbocycles. The van der Waals surface area contributed by atoms with Crippen LogP contribution in [0.15, 0.2) is 24.3 Å². The highest BCUT2D eigenvalue weighted by molar-refractivity contribution is 5.40. The van der Waals surface area contributed by atoms with E-state index in [4.69, 9.17) is 0 Å². The van der Waals surface area contributed by atoms with Crippen LogP contribution in [-0.2, 0) is 24.9 Å². The van der Waals surface area contributed by atoms with E-state index in [1.54, 1.807) is 0 Å². The van der Waals surface area contributed by atoms with Gasteiger partial charge in [-0.3, -0.25) is 5.10 Å². The lowest BCUT2D eigenvalue weighted by atomic mass is 9.86. The highest BCUT2D eigenvalue weighted by Crippen LogP contribution is 2.38. The molecule has 2 N–H and O–H groups in total. The third kappa shape index (κ3) is 2.63. The van der Waals surface area contributed by atoms with Gasteiger partial charge in [-0.1, -0.05) is 32.0 Å². The predicted octanol–water partition coefficient (Wildman–Crippen LogP) is 3.23. The fourth-order valence-electron chi connectivity index (χ4n) is 3.11. The number of nitrogens with one attached hydrogen (secondary N) is 2. The van der Waals surface area contributed by atoms with Crippen molar-refractivity contribution in [3.63, 3.8) is 0 Å². The zero-order chi connectivity index (χ0) is 14.2. The number of hydrogen-bond donors (Lipinski definition) is 2. The van der Waals surface area contributed by atoms with E-state index in [0.717, 1.165) is 24.5 Å². The van der Waals surface area contributed by atoms with E-state index in [1.165, 1.54) is 29.5 Å². The van der Waals surface area contributed by atoms with Gasteiger partial charge in [-0.05, 0) is 47.9 Å². The molecular formula is C17H23N3. The Bertz CT molecular complexity index is 610. The summed E-state index contributed by atoms with van der Waals surface area (Å²) in [4.78, 5) is 0. The molecule has 0 radical (unpaired) electrons. The van der Waals surface area contributed by atoms with E-state index in [0.29, 0.717) is 5.41 Å². The van der Waals surface area contributed by atoms with Gasteiger partial charge in [-0.25, -0.2) is 0 Å². The first kappa shape index (κ1) is 13.4. The quantitative estimate of drug-likeness (QED) is 0.894. The molecule has 1 aliphatic rings. The van der Waals surface area contributed by atoms with Crippen molar-refractivity contribution < 1.29 is 0 Å². The smallest absolute Gasteiger partial charge is 0.0762 e. The largest absolute Gasteiger partial charge is 0.307 e. The predicted molar refractivity (Wildman–Crippen MR) is 81.7 cm³/mol. The molecule has 1 aliphatic carbocycles. The van der Waals surface area contributed by atoms with Gasteiger partial charge in [-0.2, -0.15) is 5.10 Å². The number of benzene rings is 1. The molecular weight excluding hydrogens is 246 g/mol. The molecule has 0 atom stereocenters. The van der Waals surface area contributed by atoms with Gasteiger partial charge in [0.2, 0.25) is 0 Å². The third-order valence-electron chi connectivity index (χ3n) is 4.31. The number of H-pyrrole nitrogens is 1. The zero-order valence-electron chi connectivity index (χ0n) is 12.6. The summed E-state index contributed by atoms with van der Waals surface area (Å²) in [6.45, 7) is 8.43. The minimum absolute atomic E-state index is 0.355. The lowest BCUT2D eigenvalue weighted by Gasteiger charge is -2.19. The molecule has 1 aromatic heterocycles. The number of hydrogen-bond acceptors (Lipinski definition) is 2. The highest BCUT2D eigenvalue weighted by Gasteiger charge is 2.29. The van der Waals surface area contributed by atoms with Crippen molar-refractivity contribution >= 4 is 0 Å². The molecule has 0 unspecified atom stereocenters. The van der Waals surface area contributed by atoms with Crippen molar-refractivity contribution in [1.82, 2.24) is 15.5 Å². The molecule has 20 heavy (non-hydrogen) atoms. The van der Waals surface area contributed by atoms with Crippen molar-refractivity contribution in [2.24, 2.45) is 0 Å². The normalized spacial score (nSPS) is 16.4.